The van der Waals surface area contributed by atoms with Crippen LogP contribution in [0.1, 0.15) is 82.1 Å². The van der Waals surface area contributed by atoms with E-state index in [0.29, 0.717) is 0 Å². The molecule has 0 aromatic carbocycles. The highest BCUT2D eigenvalue weighted by Gasteiger charge is 2.84. The molecule has 1 N–H and O–H groups in total. The number of hydrogen-bond donors (Lipinski definition) is 1. The number of carbonyl (C=O) groups excluding carboxylic acids is 6. The SMILES string of the molecule is CC(=O)OC[C@]12[C@H](OC(=O)C(C)C)[C@H]3[C@@H](OC(C)=O)[C@@H](C)C[C@]3(O)C(=O)[C@@](C)(OC(C)=O)[C@@H]1[C@@H]1[C@H](C[C@H]2OC(C)=O)C1(C)C. The summed E-state index contributed by atoms with van der Waals surface area (Å²) in [6.07, 6.45) is -3.68. The normalized spacial score (nSPS) is 41.7. The summed E-state index contributed by atoms with van der Waals surface area (Å²) in [6.45, 7) is 14.6. The van der Waals surface area contributed by atoms with Crippen molar-refractivity contribution in [3.8, 4) is 0 Å². The Bertz CT molecular complexity index is 1260. The monoisotopic (exact) mass is 622 g/mol. The number of rotatable bonds is 7. The number of ketones is 1. The smallest absolute Gasteiger partial charge is 0.308 e. The van der Waals surface area contributed by atoms with E-state index in [1.165, 1.54) is 27.7 Å². The molecule has 12 heteroatoms. The molecular weight excluding hydrogens is 576 g/mol. The molecule has 4 aliphatic rings. The zero-order chi connectivity index (χ0) is 33.3. The van der Waals surface area contributed by atoms with Crippen LogP contribution in [0.25, 0.3) is 0 Å². The summed E-state index contributed by atoms with van der Waals surface area (Å²) < 4.78 is 29.8. The minimum Gasteiger partial charge on any atom is -0.465 e. The Morgan fingerprint density at radius 2 is 1.48 bits per heavy atom. The molecule has 12 nitrogen and oxygen atoms in total. The van der Waals surface area contributed by atoms with E-state index in [4.69, 9.17) is 23.7 Å². The van der Waals surface area contributed by atoms with Gasteiger partial charge in [-0.25, -0.2) is 0 Å². The third kappa shape index (κ3) is 5.10. The molecular formula is C32H46O12. The van der Waals surface area contributed by atoms with Gasteiger partial charge in [0.05, 0.1) is 17.3 Å². The van der Waals surface area contributed by atoms with Crippen LogP contribution in [0.5, 0.6) is 0 Å². The second-order valence-electron chi connectivity index (χ2n) is 14.4. The van der Waals surface area contributed by atoms with Crippen LogP contribution in [0, 0.1) is 46.3 Å². The van der Waals surface area contributed by atoms with E-state index < -0.39 is 106 Å². The minimum absolute atomic E-state index is 0.123. The molecule has 0 amide bonds. The first-order valence-electron chi connectivity index (χ1n) is 15.3. The van der Waals surface area contributed by atoms with Crippen LogP contribution in [0.2, 0.25) is 0 Å². The average Bonchev–Trinajstić information content (AvgIpc) is 3.32. The lowest BCUT2D eigenvalue weighted by Gasteiger charge is -2.55. The van der Waals surface area contributed by atoms with Gasteiger partial charge >= 0.3 is 29.8 Å². The first-order chi connectivity index (χ1) is 20.2. The van der Waals surface area contributed by atoms with Gasteiger partial charge in [-0.3, -0.25) is 28.8 Å². The van der Waals surface area contributed by atoms with Crippen molar-refractivity contribution in [2.75, 3.05) is 6.61 Å². The summed E-state index contributed by atoms with van der Waals surface area (Å²) in [7, 11) is 0. The summed E-state index contributed by atoms with van der Waals surface area (Å²) in [6, 6.07) is 0. The summed E-state index contributed by atoms with van der Waals surface area (Å²) in [5, 5.41) is 12.6. The van der Waals surface area contributed by atoms with E-state index in [-0.39, 0.29) is 24.7 Å². The Labute approximate surface area is 257 Å². The molecule has 0 saturated heterocycles. The van der Waals surface area contributed by atoms with Gasteiger partial charge in [-0.05, 0) is 42.9 Å². The largest absolute Gasteiger partial charge is 0.465 e. The van der Waals surface area contributed by atoms with Gasteiger partial charge in [0.15, 0.2) is 5.60 Å². The Balaban J connectivity index is 2.17. The van der Waals surface area contributed by atoms with E-state index in [1.54, 1.807) is 20.8 Å². The van der Waals surface area contributed by atoms with Gasteiger partial charge in [-0.1, -0.05) is 34.6 Å². The second kappa shape index (κ2) is 11.1. The maximum atomic E-state index is 15.0. The fraction of sp³-hybridized carbons (Fsp3) is 0.812. The molecule has 0 bridgehead atoms. The van der Waals surface area contributed by atoms with Crippen molar-refractivity contribution in [1.82, 2.24) is 0 Å². The van der Waals surface area contributed by atoms with Crippen LogP contribution in [-0.2, 0) is 52.5 Å². The second-order valence-corrected chi connectivity index (χ2v) is 14.4. The average molecular weight is 623 g/mol. The Morgan fingerprint density at radius 1 is 0.886 bits per heavy atom. The molecule has 0 spiro atoms. The highest BCUT2D eigenvalue weighted by molar-refractivity contribution is 5.98. The Kier molecular flexibility index (Phi) is 8.54. The lowest BCUT2D eigenvalue weighted by Crippen LogP contribution is -2.66. The molecule has 4 aliphatic carbocycles. The molecule has 0 unspecified atom stereocenters. The van der Waals surface area contributed by atoms with E-state index in [0.717, 1.165) is 6.92 Å². The quantitative estimate of drug-likeness (QED) is 0.326. The zero-order valence-electron chi connectivity index (χ0n) is 27.3. The molecule has 4 saturated carbocycles. The predicted molar refractivity (Wildman–Crippen MR) is 151 cm³/mol. The molecule has 4 rings (SSSR count). The lowest BCUT2D eigenvalue weighted by atomic mass is 9.55. The first kappa shape index (κ1) is 33.9. The Hall–Kier alpha value is -3.02. The van der Waals surface area contributed by atoms with E-state index in [9.17, 15) is 33.9 Å². The van der Waals surface area contributed by atoms with Crippen molar-refractivity contribution in [3.05, 3.63) is 0 Å². The third-order valence-electron chi connectivity index (χ3n) is 10.7. The fourth-order valence-electron chi connectivity index (χ4n) is 9.12. The number of carbonyl (C=O) groups is 6. The number of fused-ring (bicyclic) bond motifs is 4. The predicted octanol–water partition coefficient (Wildman–Crippen LogP) is 2.55. The van der Waals surface area contributed by atoms with Gasteiger partial charge < -0.3 is 28.8 Å². The van der Waals surface area contributed by atoms with Crippen molar-refractivity contribution in [2.24, 2.45) is 46.3 Å². The molecule has 0 radical (unpaired) electrons. The van der Waals surface area contributed by atoms with Gasteiger partial charge in [0.2, 0.25) is 5.78 Å². The molecule has 4 fully saturated rings. The van der Waals surface area contributed by atoms with Crippen LogP contribution >= 0.6 is 0 Å². The molecule has 44 heavy (non-hydrogen) atoms. The first-order valence-corrected chi connectivity index (χ1v) is 15.3. The van der Waals surface area contributed by atoms with Gasteiger partial charge in [0.25, 0.3) is 0 Å². The summed E-state index contributed by atoms with van der Waals surface area (Å²) in [5.41, 5.74) is -6.56. The topological polar surface area (TPSA) is 169 Å². The van der Waals surface area contributed by atoms with Crippen LogP contribution in [0.15, 0.2) is 0 Å². The maximum Gasteiger partial charge on any atom is 0.308 e. The van der Waals surface area contributed by atoms with Gasteiger partial charge in [0.1, 0.15) is 30.5 Å². The zero-order valence-corrected chi connectivity index (χ0v) is 27.3. The van der Waals surface area contributed by atoms with E-state index >= 15 is 0 Å². The van der Waals surface area contributed by atoms with Gasteiger partial charge in [-0.2, -0.15) is 0 Å². The number of esters is 5. The summed E-state index contributed by atoms with van der Waals surface area (Å²) in [5.74, 6) is -8.59. The van der Waals surface area contributed by atoms with Crippen LogP contribution < -0.4 is 0 Å². The molecule has 0 aromatic rings. The minimum atomic E-state index is -2.32. The molecule has 0 aromatic heterocycles. The summed E-state index contributed by atoms with van der Waals surface area (Å²) in [4.78, 5) is 78.9. The standard InChI is InChI=1S/C32H46O12/c1-14(2)27(37)43-26-23-24(42-18(6)35)15(3)12-32(23,39)28(38)30(10,44-19(7)36)25-22-20(29(22,8)9)11-21(41-17(5)34)31(25,26)13-40-16(4)33/h14-15,20-26,39H,11-13H2,1-10H3/t15-,20-,21+,22-,23+,24-,25-,26+,30-,31+,32+/m0/s1. The third-order valence-corrected chi connectivity index (χ3v) is 10.7. The number of Topliss-reactive ketones (excluding diaryl/α,β-unsaturated/α-hetero) is 1. The van der Waals surface area contributed by atoms with Crippen LogP contribution in [-0.4, -0.2) is 76.9 Å². The van der Waals surface area contributed by atoms with Crippen molar-refractivity contribution in [1.29, 1.82) is 0 Å². The fourth-order valence-corrected chi connectivity index (χ4v) is 9.12. The lowest BCUT2D eigenvalue weighted by molar-refractivity contribution is -0.240. The molecule has 0 aliphatic heterocycles. The highest BCUT2D eigenvalue weighted by Crippen LogP contribution is 2.76. The van der Waals surface area contributed by atoms with Crippen molar-refractivity contribution < 1.29 is 57.6 Å². The molecule has 11 atom stereocenters. The van der Waals surface area contributed by atoms with Crippen molar-refractivity contribution >= 4 is 35.6 Å². The molecule has 0 heterocycles. The Morgan fingerprint density at radius 3 is 1.98 bits per heavy atom. The maximum absolute atomic E-state index is 15.0. The van der Waals surface area contributed by atoms with E-state index in [2.05, 4.69) is 0 Å². The van der Waals surface area contributed by atoms with Gasteiger partial charge in [0, 0.05) is 33.6 Å². The van der Waals surface area contributed by atoms with Gasteiger partial charge in [-0.15, -0.1) is 0 Å². The highest BCUT2D eigenvalue weighted by atomic mass is 16.6. The van der Waals surface area contributed by atoms with Crippen LogP contribution in [0.4, 0.5) is 0 Å². The number of hydrogen-bond acceptors (Lipinski definition) is 12. The van der Waals surface area contributed by atoms with Crippen LogP contribution in [0.3, 0.4) is 0 Å². The van der Waals surface area contributed by atoms with Crippen molar-refractivity contribution in [2.45, 2.75) is 112 Å². The van der Waals surface area contributed by atoms with Crippen molar-refractivity contribution in [3.63, 3.8) is 0 Å². The number of aliphatic hydroxyl groups is 1. The summed E-state index contributed by atoms with van der Waals surface area (Å²) >= 11 is 0. The molecule has 246 valence electrons. The van der Waals surface area contributed by atoms with E-state index in [1.807, 2.05) is 13.8 Å². The number of ether oxygens (including phenoxy) is 5.